The van der Waals surface area contributed by atoms with Gasteiger partial charge in [0.05, 0.1) is 5.92 Å². The smallest absolute Gasteiger partial charge is 0.308 e. The molecule has 4 nitrogen and oxygen atoms in total. The number of likely N-dealkylation sites (tertiary alicyclic amines) is 1. The molecule has 1 saturated heterocycles. The zero-order chi connectivity index (χ0) is 14.7. The predicted octanol–water partition coefficient (Wildman–Crippen LogP) is 2.29. The van der Waals surface area contributed by atoms with Crippen LogP contribution in [0.4, 0.5) is 0 Å². The zero-order valence-electron chi connectivity index (χ0n) is 13.2. The van der Waals surface area contributed by atoms with Crippen molar-refractivity contribution in [3.05, 3.63) is 0 Å². The van der Waals surface area contributed by atoms with Gasteiger partial charge < -0.3 is 10.0 Å². The number of aliphatic carboxylic acids is 1. The Bertz CT molecular complexity index is 332. The summed E-state index contributed by atoms with van der Waals surface area (Å²) in [5, 5.41) is 9.56. The van der Waals surface area contributed by atoms with Crippen LogP contribution in [-0.4, -0.2) is 60.1 Å². The SMILES string of the molecule is CCC1CCC(C(=O)O)C(N2CCCC2CN(C)C)C1. The molecule has 4 unspecified atom stereocenters. The summed E-state index contributed by atoms with van der Waals surface area (Å²) < 4.78 is 0. The van der Waals surface area contributed by atoms with Crippen LogP contribution in [0.1, 0.15) is 45.4 Å². The highest BCUT2D eigenvalue weighted by Gasteiger charge is 2.41. The first kappa shape index (κ1) is 15.8. The van der Waals surface area contributed by atoms with E-state index in [2.05, 4.69) is 30.8 Å². The Kier molecular flexibility index (Phi) is 5.44. The topological polar surface area (TPSA) is 43.8 Å². The number of carboxylic acid groups (broad SMARTS) is 1. The van der Waals surface area contributed by atoms with E-state index in [1.807, 2.05) is 0 Å². The van der Waals surface area contributed by atoms with Gasteiger partial charge in [0.1, 0.15) is 0 Å². The van der Waals surface area contributed by atoms with Crippen LogP contribution in [0.15, 0.2) is 0 Å². The van der Waals surface area contributed by atoms with Crippen molar-refractivity contribution in [3.63, 3.8) is 0 Å². The highest BCUT2D eigenvalue weighted by Crippen LogP contribution is 2.37. The van der Waals surface area contributed by atoms with E-state index in [0.717, 1.165) is 38.3 Å². The van der Waals surface area contributed by atoms with Gasteiger partial charge in [0.25, 0.3) is 0 Å². The summed E-state index contributed by atoms with van der Waals surface area (Å²) in [6, 6.07) is 0.811. The first-order chi connectivity index (χ1) is 9.52. The maximum atomic E-state index is 11.6. The molecule has 1 heterocycles. The minimum absolute atomic E-state index is 0.152. The zero-order valence-corrected chi connectivity index (χ0v) is 13.2. The van der Waals surface area contributed by atoms with Gasteiger partial charge in [-0.05, 0) is 58.7 Å². The van der Waals surface area contributed by atoms with Crippen molar-refractivity contribution in [3.8, 4) is 0 Å². The first-order valence-corrected chi connectivity index (χ1v) is 8.16. The molecule has 1 saturated carbocycles. The lowest BCUT2D eigenvalue weighted by molar-refractivity contribution is -0.146. The maximum absolute atomic E-state index is 11.6. The fraction of sp³-hybridized carbons (Fsp3) is 0.938. The Morgan fingerprint density at radius 1 is 1.30 bits per heavy atom. The van der Waals surface area contributed by atoms with Gasteiger partial charge in [0.2, 0.25) is 0 Å². The summed E-state index contributed by atoms with van der Waals surface area (Å²) in [7, 11) is 4.22. The average molecular weight is 282 g/mol. The molecule has 0 aromatic rings. The molecule has 0 spiro atoms. The van der Waals surface area contributed by atoms with Gasteiger partial charge in [0, 0.05) is 18.6 Å². The van der Waals surface area contributed by atoms with Crippen molar-refractivity contribution in [1.29, 1.82) is 0 Å². The summed E-state index contributed by atoms with van der Waals surface area (Å²) >= 11 is 0. The molecule has 2 rings (SSSR count). The van der Waals surface area contributed by atoms with Crippen molar-refractivity contribution in [2.24, 2.45) is 11.8 Å². The predicted molar refractivity (Wildman–Crippen MR) is 80.8 cm³/mol. The number of hydrogen-bond donors (Lipinski definition) is 1. The fourth-order valence-corrected chi connectivity index (χ4v) is 4.17. The second-order valence-electron chi connectivity index (χ2n) is 6.90. The summed E-state index contributed by atoms with van der Waals surface area (Å²) in [5.41, 5.74) is 0. The number of likely N-dealkylation sites (N-methyl/N-ethyl adjacent to an activating group) is 1. The van der Waals surface area contributed by atoms with E-state index in [1.54, 1.807) is 0 Å². The Hall–Kier alpha value is -0.610. The summed E-state index contributed by atoms with van der Waals surface area (Å²) in [5.74, 6) is -0.0168. The molecular weight excluding hydrogens is 252 g/mol. The number of carboxylic acids is 1. The van der Waals surface area contributed by atoms with Crippen molar-refractivity contribution in [2.75, 3.05) is 27.2 Å². The Labute approximate surface area is 123 Å². The second kappa shape index (κ2) is 6.90. The first-order valence-electron chi connectivity index (χ1n) is 8.16. The quantitative estimate of drug-likeness (QED) is 0.840. The van der Waals surface area contributed by atoms with E-state index < -0.39 is 5.97 Å². The van der Waals surface area contributed by atoms with E-state index in [-0.39, 0.29) is 12.0 Å². The lowest BCUT2D eigenvalue weighted by Gasteiger charge is -2.42. The third kappa shape index (κ3) is 3.53. The molecule has 2 aliphatic rings. The largest absolute Gasteiger partial charge is 0.481 e. The highest BCUT2D eigenvalue weighted by molar-refractivity contribution is 5.71. The molecule has 1 aliphatic carbocycles. The normalized spacial score (nSPS) is 35.6. The molecule has 0 radical (unpaired) electrons. The van der Waals surface area contributed by atoms with E-state index in [1.165, 1.54) is 19.3 Å². The number of rotatable bonds is 5. The van der Waals surface area contributed by atoms with Crippen molar-refractivity contribution in [1.82, 2.24) is 9.80 Å². The van der Waals surface area contributed by atoms with Gasteiger partial charge in [-0.2, -0.15) is 0 Å². The van der Waals surface area contributed by atoms with E-state index in [4.69, 9.17) is 0 Å². The van der Waals surface area contributed by atoms with Crippen LogP contribution in [0.25, 0.3) is 0 Å². The molecule has 0 bridgehead atoms. The molecule has 2 fully saturated rings. The van der Waals surface area contributed by atoms with Crippen LogP contribution in [0, 0.1) is 11.8 Å². The van der Waals surface area contributed by atoms with Gasteiger partial charge in [-0.3, -0.25) is 9.69 Å². The summed E-state index contributed by atoms with van der Waals surface area (Å²) in [6.45, 7) is 4.38. The van der Waals surface area contributed by atoms with Crippen molar-refractivity contribution >= 4 is 5.97 Å². The highest BCUT2D eigenvalue weighted by atomic mass is 16.4. The fourth-order valence-electron chi connectivity index (χ4n) is 4.17. The molecule has 0 aromatic carbocycles. The average Bonchev–Trinajstić information content (AvgIpc) is 2.85. The van der Waals surface area contributed by atoms with Crippen LogP contribution in [-0.2, 0) is 4.79 Å². The van der Waals surface area contributed by atoms with Gasteiger partial charge in [-0.15, -0.1) is 0 Å². The Balaban J connectivity index is 2.10. The standard InChI is InChI=1S/C16H30N2O2/c1-4-12-7-8-14(16(19)20)15(10-12)18-9-5-6-13(18)11-17(2)3/h12-15H,4-11H2,1-3H3,(H,19,20). The lowest BCUT2D eigenvalue weighted by atomic mass is 9.76. The monoisotopic (exact) mass is 282 g/mol. The Morgan fingerprint density at radius 2 is 2.05 bits per heavy atom. The molecule has 4 heteroatoms. The van der Waals surface area contributed by atoms with Crippen LogP contribution < -0.4 is 0 Å². The Morgan fingerprint density at radius 3 is 2.65 bits per heavy atom. The molecule has 0 amide bonds. The molecule has 116 valence electrons. The minimum atomic E-state index is -0.583. The minimum Gasteiger partial charge on any atom is -0.481 e. The molecule has 0 aromatic heterocycles. The van der Waals surface area contributed by atoms with E-state index in [0.29, 0.717) is 6.04 Å². The van der Waals surface area contributed by atoms with Crippen molar-refractivity contribution < 1.29 is 9.90 Å². The van der Waals surface area contributed by atoms with E-state index >= 15 is 0 Å². The van der Waals surface area contributed by atoms with Crippen LogP contribution >= 0.6 is 0 Å². The lowest BCUT2D eigenvalue weighted by Crippen LogP contribution is -2.51. The molecule has 4 atom stereocenters. The van der Waals surface area contributed by atoms with Crippen LogP contribution in [0.5, 0.6) is 0 Å². The number of hydrogen-bond acceptors (Lipinski definition) is 3. The summed E-state index contributed by atoms with van der Waals surface area (Å²) in [6.07, 6.45) is 6.67. The molecular formula is C16H30N2O2. The van der Waals surface area contributed by atoms with Gasteiger partial charge >= 0.3 is 5.97 Å². The van der Waals surface area contributed by atoms with Gasteiger partial charge in [-0.1, -0.05) is 13.3 Å². The van der Waals surface area contributed by atoms with Gasteiger partial charge in [0.15, 0.2) is 0 Å². The molecule has 1 N–H and O–H groups in total. The third-order valence-electron chi connectivity index (χ3n) is 5.24. The maximum Gasteiger partial charge on any atom is 0.308 e. The van der Waals surface area contributed by atoms with Gasteiger partial charge in [-0.25, -0.2) is 0 Å². The van der Waals surface area contributed by atoms with Crippen LogP contribution in [0.2, 0.25) is 0 Å². The number of carbonyl (C=O) groups is 1. The van der Waals surface area contributed by atoms with E-state index in [9.17, 15) is 9.90 Å². The third-order valence-corrected chi connectivity index (χ3v) is 5.24. The summed E-state index contributed by atoms with van der Waals surface area (Å²) in [4.78, 5) is 16.4. The second-order valence-corrected chi connectivity index (χ2v) is 6.90. The van der Waals surface area contributed by atoms with Crippen molar-refractivity contribution in [2.45, 2.75) is 57.5 Å². The molecule has 20 heavy (non-hydrogen) atoms. The van der Waals surface area contributed by atoms with Crippen LogP contribution in [0.3, 0.4) is 0 Å². The molecule has 1 aliphatic heterocycles. The number of nitrogens with zero attached hydrogens (tertiary/aromatic N) is 2.